The van der Waals surface area contributed by atoms with E-state index in [1.54, 1.807) is 11.3 Å². The zero-order valence-electron chi connectivity index (χ0n) is 11.3. The normalized spacial score (nSPS) is 12.6. The van der Waals surface area contributed by atoms with E-state index in [0.29, 0.717) is 6.04 Å². The predicted octanol–water partition coefficient (Wildman–Crippen LogP) is 3.96. The molecule has 0 aliphatic rings. The van der Waals surface area contributed by atoms with Crippen molar-refractivity contribution in [1.29, 1.82) is 0 Å². The molecule has 0 saturated carbocycles. The van der Waals surface area contributed by atoms with Gasteiger partial charge in [0, 0.05) is 27.6 Å². The van der Waals surface area contributed by atoms with E-state index in [1.165, 1.54) is 10.4 Å². The Morgan fingerprint density at radius 3 is 2.68 bits per heavy atom. The number of benzene rings is 1. The summed E-state index contributed by atoms with van der Waals surface area (Å²) < 4.78 is 1.02. The first-order valence-electron chi connectivity index (χ1n) is 6.18. The van der Waals surface area contributed by atoms with Gasteiger partial charge in [-0.3, -0.25) is 0 Å². The van der Waals surface area contributed by atoms with Gasteiger partial charge in [-0.1, -0.05) is 15.9 Å². The Hall–Kier alpha value is -0.910. The largest absolute Gasteiger partial charge is 0.399 e. The topological polar surface area (TPSA) is 50.9 Å². The maximum Gasteiger partial charge on any atom is 0.0900 e. The summed E-state index contributed by atoms with van der Waals surface area (Å²) >= 11 is 5.22. The van der Waals surface area contributed by atoms with Crippen LogP contribution in [0.4, 0.5) is 5.69 Å². The van der Waals surface area contributed by atoms with Crippen molar-refractivity contribution >= 4 is 33.0 Å². The predicted molar refractivity (Wildman–Crippen MR) is 85.4 cm³/mol. The minimum atomic E-state index is 0.298. The minimum Gasteiger partial charge on any atom is -0.399 e. The Balaban J connectivity index is 2.04. The second kappa shape index (κ2) is 6.03. The molecular formula is C14H18BrN3S. The molecule has 0 fully saturated rings. The Bertz CT molecular complexity index is 560. The lowest BCUT2D eigenvalue weighted by Crippen LogP contribution is -2.18. The molecule has 0 aliphatic heterocycles. The fraction of sp³-hybridized carbons (Fsp3) is 0.357. The number of nitrogens with one attached hydrogen (secondary N) is 1. The van der Waals surface area contributed by atoms with Gasteiger partial charge in [-0.2, -0.15) is 0 Å². The quantitative estimate of drug-likeness (QED) is 0.829. The number of hydrogen-bond donors (Lipinski definition) is 2. The minimum absolute atomic E-state index is 0.298. The van der Waals surface area contributed by atoms with E-state index in [2.05, 4.69) is 46.1 Å². The highest BCUT2D eigenvalue weighted by molar-refractivity contribution is 9.10. The smallest absolute Gasteiger partial charge is 0.0900 e. The molecule has 3 nitrogen and oxygen atoms in total. The van der Waals surface area contributed by atoms with E-state index in [4.69, 9.17) is 5.73 Å². The van der Waals surface area contributed by atoms with Crippen LogP contribution in [0.1, 0.15) is 34.1 Å². The van der Waals surface area contributed by atoms with Crippen molar-refractivity contribution < 1.29 is 0 Å². The van der Waals surface area contributed by atoms with Crippen LogP contribution in [0, 0.1) is 13.8 Å². The van der Waals surface area contributed by atoms with Crippen molar-refractivity contribution in [2.45, 2.75) is 33.4 Å². The summed E-state index contributed by atoms with van der Waals surface area (Å²) in [5.74, 6) is 0. The summed E-state index contributed by atoms with van der Waals surface area (Å²) in [7, 11) is 0. The average molecular weight is 340 g/mol. The van der Waals surface area contributed by atoms with Gasteiger partial charge in [0.15, 0.2) is 0 Å². The molecule has 2 rings (SSSR count). The first kappa shape index (κ1) is 14.5. The Labute approximate surface area is 126 Å². The van der Waals surface area contributed by atoms with Crippen LogP contribution in [-0.4, -0.2) is 4.98 Å². The van der Waals surface area contributed by atoms with Gasteiger partial charge in [-0.15, -0.1) is 11.3 Å². The molecule has 1 unspecified atom stereocenters. The number of hydrogen-bond acceptors (Lipinski definition) is 4. The number of thiazole rings is 1. The standard InChI is InChI=1S/C14H18BrN3S/c1-8(14-9(2)18-10(3)19-14)17-7-11-4-12(15)6-13(16)5-11/h4-6,8,17H,7,16H2,1-3H3. The lowest BCUT2D eigenvalue weighted by molar-refractivity contribution is 0.579. The number of aryl methyl sites for hydroxylation is 2. The molecule has 1 atom stereocenters. The molecule has 0 bridgehead atoms. The number of anilines is 1. The summed E-state index contributed by atoms with van der Waals surface area (Å²) in [6.45, 7) is 7.07. The average Bonchev–Trinajstić information content (AvgIpc) is 2.64. The Morgan fingerprint density at radius 2 is 2.11 bits per heavy atom. The number of nitrogens with zero attached hydrogens (tertiary/aromatic N) is 1. The zero-order chi connectivity index (χ0) is 14.0. The number of aromatic nitrogens is 1. The van der Waals surface area contributed by atoms with Gasteiger partial charge in [0.1, 0.15) is 0 Å². The van der Waals surface area contributed by atoms with Gasteiger partial charge < -0.3 is 11.1 Å². The molecule has 5 heteroatoms. The molecule has 19 heavy (non-hydrogen) atoms. The van der Waals surface area contributed by atoms with E-state index >= 15 is 0 Å². The van der Waals surface area contributed by atoms with Crippen LogP contribution in [0.25, 0.3) is 0 Å². The van der Waals surface area contributed by atoms with Crippen LogP contribution in [0.5, 0.6) is 0 Å². The lowest BCUT2D eigenvalue weighted by atomic mass is 10.2. The van der Waals surface area contributed by atoms with Crippen LogP contribution in [-0.2, 0) is 6.54 Å². The lowest BCUT2D eigenvalue weighted by Gasteiger charge is -2.13. The molecule has 1 aromatic heterocycles. The van der Waals surface area contributed by atoms with Crippen LogP contribution in [0.15, 0.2) is 22.7 Å². The van der Waals surface area contributed by atoms with Crippen LogP contribution in [0.2, 0.25) is 0 Å². The fourth-order valence-electron chi connectivity index (χ4n) is 2.09. The number of nitrogens with two attached hydrogens (primary N) is 1. The van der Waals surface area contributed by atoms with Crippen LogP contribution in [0.3, 0.4) is 0 Å². The fourth-order valence-corrected chi connectivity index (χ4v) is 3.60. The Morgan fingerprint density at radius 1 is 1.37 bits per heavy atom. The molecule has 1 heterocycles. The van der Waals surface area contributed by atoms with Crippen molar-refractivity contribution in [1.82, 2.24) is 10.3 Å². The number of rotatable bonds is 4. The van der Waals surface area contributed by atoms with Crippen LogP contribution >= 0.6 is 27.3 Å². The molecule has 0 amide bonds. The molecular weight excluding hydrogens is 322 g/mol. The molecule has 3 N–H and O–H groups in total. The monoisotopic (exact) mass is 339 g/mol. The molecule has 1 aromatic carbocycles. The second-order valence-electron chi connectivity index (χ2n) is 4.68. The van der Waals surface area contributed by atoms with Crippen molar-refractivity contribution in [3.63, 3.8) is 0 Å². The zero-order valence-corrected chi connectivity index (χ0v) is 13.7. The summed E-state index contributed by atoms with van der Waals surface area (Å²) in [6.07, 6.45) is 0. The summed E-state index contributed by atoms with van der Waals surface area (Å²) in [5, 5.41) is 4.64. The van der Waals surface area contributed by atoms with E-state index in [0.717, 1.165) is 27.4 Å². The molecule has 0 saturated heterocycles. The van der Waals surface area contributed by atoms with E-state index < -0.39 is 0 Å². The second-order valence-corrected chi connectivity index (χ2v) is 6.83. The molecule has 2 aromatic rings. The highest BCUT2D eigenvalue weighted by Crippen LogP contribution is 2.25. The van der Waals surface area contributed by atoms with Gasteiger partial charge in [-0.05, 0) is 44.5 Å². The van der Waals surface area contributed by atoms with Crippen molar-refractivity contribution in [2.24, 2.45) is 0 Å². The summed E-state index contributed by atoms with van der Waals surface area (Å²) in [6, 6.07) is 6.28. The third kappa shape index (κ3) is 3.78. The van der Waals surface area contributed by atoms with Gasteiger partial charge in [0.25, 0.3) is 0 Å². The van der Waals surface area contributed by atoms with Crippen molar-refractivity contribution in [3.8, 4) is 0 Å². The van der Waals surface area contributed by atoms with Crippen LogP contribution < -0.4 is 11.1 Å². The first-order chi connectivity index (χ1) is 8.95. The number of halogens is 1. The van der Waals surface area contributed by atoms with Gasteiger partial charge in [0.2, 0.25) is 0 Å². The molecule has 0 radical (unpaired) electrons. The van der Waals surface area contributed by atoms with Gasteiger partial charge >= 0.3 is 0 Å². The van der Waals surface area contributed by atoms with E-state index in [9.17, 15) is 0 Å². The number of nitrogen functional groups attached to an aromatic ring is 1. The highest BCUT2D eigenvalue weighted by atomic mass is 79.9. The maximum atomic E-state index is 5.84. The third-order valence-electron chi connectivity index (χ3n) is 2.92. The highest BCUT2D eigenvalue weighted by Gasteiger charge is 2.12. The summed E-state index contributed by atoms with van der Waals surface area (Å²) in [5.41, 5.74) is 8.92. The maximum absolute atomic E-state index is 5.84. The molecule has 0 aliphatic carbocycles. The van der Waals surface area contributed by atoms with Gasteiger partial charge in [-0.25, -0.2) is 4.98 Å². The van der Waals surface area contributed by atoms with Crippen molar-refractivity contribution in [3.05, 3.63) is 43.8 Å². The van der Waals surface area contributed by atoms with Gasteiger partial charge in [0.05, 0.1) is 10.7 Å². The van der Waals surface area contributed by atoms with Crippen molar-refractivity contribution in [2.75, 3.05) is 5.73 Å². The van der Waals surface area contributed by atoms with E-state index in [1.807, 2.05) is 19.1 Å². The van der Waals surface area contributed by atoms with E-state index in [-0.39, 0.29) is 0 Å². The molecule has 0 spiro atoms. The Kier molecular flexibility index (Phi) is 4.60. The third-order valence-corrected chi connectivity index (χ3v) is 4.64. The SMILES string of the molecule is Cc1nc(C)c(C(C)NCc2cc(N)cc(Br)c2)s1. The summed E-state index contributed by atoms with van der Waals surface area (Å²) in [4.78, 5) is 5.77. The molecule has 102 valence electrons. The first-order valence-corrected chi connectivity index (χ1v) is 7.79.